The lowest BCUT2D eigenvalue weighted by Crippen LogP contribution is -2.00. The maximum Gasteiger partial charge on any atom is 0.161 e. The van der Waals surface area contributed by atoms with Gasteiger partial charge in [0.2, 0.25) is 0 Å². The Morgan fingerprint density at radius 1 is 1.11 bits per heavy atom. The smallest absolute Gasteiger partial charge is 0.161 e. The number of hydrogen-bond acceptors (Lipinski definition) is 2. The maximum absolute atomic E-state index is 6.19. The first-order valence-electron chi connectivity index (χ1n) is 6.20. The first-order valence-corrected chi connectivity index (χ1v) is 7.37. The van der Waals surface area contributed by atoms with Crippen LogP contribution in [0.15, 0.2) is 22.7 Å². The molecular weight excluding hydrogens is 324 g/mol. The zero-order valence-electron chi connectivity index (χ0n) is 11.5. The molecule has 2 rings (SSSR count). The Hall–Kier alpha value is -0.930. The molecule has 1 heterocycles. The number of benzene rings is 1. The first kappa shape index (κ1) is 14.5. The molecule has 0 aliphatic rings. The molecule has 0 amide bonds. The monoisotopic (exact) mass is 338 g/mol. The molecule has 2 aromatic rings. The van der Waals surface area contributed by atoms with Crippen LogP contribution in [0.5, 0.6) is 0 Å². The third kappa shape index (κ3) is 2.98. The Labute approximate surface area is 127 Å². The summed E-state index contributed by atoms with van der Waals surface area (Å²) in [7, 11) is 0. The molecule has 0 bridgehead atoms. The molecule has 0 spiro atoms. The molecular formula is C15H16BrClN2. The van der Waals surface area contributed by atoms with Gasteiger partial charge in [0.25, 0.3) is 0 Å². The van der Waals surface area contributed by atoms with Crippen LogP contribution in [0.4, 0.5) is 0 Å². The van der Waals surface area contributed by atoms with E-state index < -0.39 is 0 Å². The van der Waals surface area contributed by atoms with E-state index in [-0.39, 0.29) is 0 Å². The second-order valence-corrected chi connectivity index (χ2v) is 6.14. The van der Waals surface area contributed by atoms with Crippen LogP contribution in [-0.4, -0.2) is 9.97 Å². The molecule has 1 aromatic heterocycles. The molecule has 0 radical (unpaired) electrons. The molecule has 100 valence electrons. The number of hydrogen-bond donors (Lipinski definition) is 0. The molecule has 0 unspecified atom stereocenters. The minimum atomic E-state index is 0.292. The van der Waals surface area contributed by atoms with Crippen LogP contribution in [0.2, 0.25) is 5.15 Å². The van der Waals surface area contributed by atoms with Crippen molar-refractivity contribution in [2.24, 2.45) is 0 Å². The topological polar surface area (TPSA) is 25.8 Å². The summed E-state index contributed by atoms with van der Waals surface area (Å²) in [4.78, 5) is 9.00. The first-order chi connectivity index (χ1) is 8.90. The average Bonchev–Trinajstić information content (AvgIpc) is 2.35. The minimum absolute atomic E-state index is 0.292. The largest absolute Gasteiger partial charge is 0.232 e. The fraction of sp³-hybridized carbons (Fsp3) is 0.333. The Balaban J connectivity index is 2.59. The van der Waals surface area contributed by atoms with E-state index in [0.717, 1.165) is 15.7 Å². The van der Waals surface area contributed by atoms with Crippen molar-refractivity contribution in [1.82, 2.24) is 9.97 Å². The van der Waals surface area contributed by atoms with Crippen molar-refractivity contribution >= 4 is 27.5 Å². The lowest BCUT2D eigenvalue weighted by molar-refractivity contribution is 0.809. The van der Waals surface area contributed by atoms with Crippen LogP contribution in [0.3, 0.4) is 0 Å². The van der Waals surface area contributed by atoms with Gasteiger partial charge in [0.15, 0.2) is 5.82 Å². The Morgan fingerprint density at radius 2 is 1.79 bits per heavy atom. The number of rotatable bonds is 2. The molecule has 0 aliphatic carbocycles. The molecule has 4 heteroatoms. The quantitative estimate of drug-likeness (QED) is 0.694. The van der Waals surface area contributed by atoms with Crippen molar-refractivity contribution in [2.75, 3.05) is 0 Å². The van der Waals surface area contributed by atoms with Crippen LogP contribution in [0, 0.1) is 13.8 Å². The standard InChI is InChI=1S/C15H16BrClN2/c1-8(2)13-12(16)14(17)19-15(18-13)11-6-5-9(3)10(4)7-11/h5-8H,1-4H3. The Kier molecular flexibility index (Phi) is 4.26. The van der Waals surface area contributed by atoms with E-state index in [4.69, 9.17) is 11.6 Å². The summed E-state index contributed by atoms with van der Waals surface area (Å²) in [5.41, 5.74) is 4.43. The van der Waals surface area contributed by atoms with Gasteiger partial charge in [-0.3, -0.25) is 0 Å². The maximum atomic E-state index is 6.19. The molecule has 0 saturated heterocycles. The van der Waals surface area contributed by atoms with E-state index >= 15 is 0 Å². The van der Waals surface area contributed by atoms with Gasteiger partial charge in [-0.2, -0.15) is 0 Å². The molecule has 1 aromatic carbocycles. The predicted molar refractivity (Wildman–Crippen MR) is 83.7 cm³/mol. The number of halogens is 2. The second-order valence-electron chi connectivity index (χ2n) is 4.99. The van der Waals surface area contributed by atoms with Gasteiger partial charge < -0.3 is 0 Å². The van der Waals surface area contributed by atoms with Gasteiger partial charge in [-0.05, 0) is 52.9 Å². The lowest BCUT2D eigenvalue weighted by Gasteiger charge is -2.11. The summed E-state index contributed by atoms with van der Waals surface area (Å²) in [5, 5.41) is 0.465. The van der Waals surface area contributed by atoms with Crippen LogP contribution >= 0.6 is 27.5 Å². The predicted octanol–water partition coefficient (Wildman–Crippen LogP) is 5.30. The Bertz CT molecular complexity index is 624. The van der Waals surface area contributed by atoms with Crippen LogP contribution in [0.25, 0.3) is 11.4 Å². The van der Waals surface area contributed by atoms with E-state index in [1.54, 1.807) is 0 Å². The van der Waals surface area contributed by atoms with Crippen LogP contribution in [0.1, 0.15) is 36.6 Å². The van der Waals surface area contributed by atoms with Crippen molar-refractivity contribution in [3.63, 3.8) is 0 Å². The van der Waals surface area contributed by atoms with Gasteiger partial charge in [0, 0.05) is 5.56 Å². The highest BCUT2D eigenvalue weighted by molar-refractivity contribution is 9.10. The molecule has 0 saturated carbocycles. The number of nitrogens with zero attached hydrogens (tertiary/aromatic N) is 2. The van der Waals surface area contributed by atoms with Crippen molar-refractivity contribution in [3.05, 3.63) is 44.6 Å². The summed E-state index contributed by atoms with van der Waals surface area (Å²) in [6, 6.07) is 6.21. The summed E-state index contributed by atoms with van der Waals surface area (Å²) in [6.45, 7) is 8.36. The normalized spacial score (nSPS) is 11.1. The SMILES string of the molecule is Cc1ccc(-c2nc(Cl)c(Br)c(C(C)C)n2)cc1C. The fourth-order valence-corrected chi connectivity index (χ4v) is 2.64. The summed E-state index contributed by atoms with van der Waals surface area (Å²) in [6.07, 6.45) is 0. The number of aromatic nitrogens is 2. The van der Waals surface area contributed by atoms with E-state index in [9.17, 15) is 0 Å². The van der Waals surface area contributed by atoms with Crippen molar-refractivity contribution in [3.8, 4) is 11.4 Å². The molecule has 19 heavy (non-hydrogen) atoms. The van der Waals surface area contributed by atoms with Gasteiger partial charge in [-0.15, -0.1) is 0 Å². The second kappa shape index (κ2) is 5.59. The van der Waals surface area contributed by atoms with E-state index in [0.29, 0.717) is 16.9 Å². The van der Waals surface area contributed by atoms with Crippen molar-refractivity contribution < 1.29 is 0 Å². The van der Waals surface area contributed by atoms with Crippen LogP contribution < -0.4 is 0 Å². The van der Waals surface area contributed by atoms with Gasteiger partial charge in [0.05, 0.1) is 10.2 Å². The van der Waals surface area contributed by atoms with Gasteiger partial charge in [-0.25, -0.2) is 9.97 Å². The van der Waals surface area contributed by atoms with Crippen molar-refractivity contribution in [1.29, 1.82) is 0 Å². The van der Waals surface area contributed by atoms with Crippen LogP contribution in [-0.2, 0) is 0 Å². The zero-order chi connectivity index (χ0) is 14.2. The third-order valence-corrected chi connectivity index (χ3v) is 4.43. The molecule has 0 N–H and O–H groups in total. The fourth-order valence-electron chi connectivity index (χ4n) is 1.83. The average molecular weight is 340 g/mol. The van der Waals surface area contributed by atoms with Gasteiger partial charge >= 0.3 is 0 Å². The van der Waals surface area contributed by atoms with E-state index in [1.165, 1.54) is 11.1 Å². The summed E-state index contributed by atoms with van der Waals surface area (Å²) in [5.74, 6) is 0.972. The third-order valence-electron chi connectivity index (χ3n) is 3.15. The van der Waals surface area contributed by atoms with Crippen molar-refractivity contribution in [2.45, 2.75) is 33.6 Å². The molecule has 0 atom stereocenters. The zero-order valence-corrected chi connectivity index (χ0v) is 13.8. The van der Waals surface area contributed by atoms with E-state index in [2.05, 4.69) is 65.7 Å². The minimum Gasteiger partial charge on any atom is -0.232 e. The highest BCUT2D eigenvalue weighted by Crippen LogP contribution is 2.31. The molecule has 2 nitrogen and oxygen atoms in total. The highest BCUT2D eigenvalue weighted by Gasteiger charge is 2.14. The van der Waals surface area contributed by atoms with Gasteiger partial charge in [0.1, 0.15) is 5.15 Å². The molecule has 0 fully saturated rings. The summed E-state index contributed by atoms with van der Waals surface area (Å²) < 4.78 is 0.789. The highest BCUT2D eigenvalue weighted by atomic mass is 79.9. The van der Waals surface area contributed by atoms with E-state index in [1.807, 2.05) is 6.07 Å². The van der Waals surface area contributed by atoms with Gasteiger partial charge in [-0.1, -0.05) is 37.6 Å². The summed E-state index contributed by atoms with van der Waals surface area (Å²) >= 11 is 9.64. The molecule has 0 aliphatic heterocycles. The number of aryl methyl sites for hydroxylation is 2. The lowest BCUT2D eigenvalue weighted by atomic mass is 10.1. The Morgan fingerprint density at radius 3 is 2.37 bits per heavy atom.